The number of nitrogens with zero attached hydrogens (tertiary/aromatic N) is 2. The quantitative estimate of drug-likeness (QED) is 0.632. The zero-order valence-electron chi connectivity index (χ0n) is 15.0. The summed E-state index contributed by atoms with van der Waals surface area (Å²) in [6.45, 7) is 2.83. The van der Waals surface area contributed by atoms with Crippen LogP contribution in [-0.2, 0) is 13.2 Å². The molecule has 0 spiro atoms. The van der Waals surface area contributed by atoms with Crippen LogP contribution in [0.2, 0.25) is 0 Å². The number of hydrogen-bond acceptors (Lipinski definition) is 4. The zero-order valence-corrected chi connectivity index (χ0v) is 15.0. The van der Waals surface area contributed by atoms with Crippen molar-refractivity contribution in [1.29, 1.82) is 10.5 Å². The summed E-state index contributed by atoms with van der Waals surface area (Å²) in [5, 5.41) is 17.7. The molecule has 0 radical (unpaired) electrons. The van der Waals surface area contributed by atoms with Gasteiger partial charge in [0.05, 0.1) is 23.3 Å². The Morgan fingerprint density at radius 1 is 0.667 bits per heavy atom. The van der Waals surface area contributed by atoms with Crippen LogP contribution < -0.4 is 9.47 Å². The van der Waals surface area contributed by atoms with Crippen molar-refractivity contribution in [2.75, 3.05) is 0 Å². The van der Waals surface area contributed by atoms with Crippen LogP contribution >= 0.6 is 0 Å². The van der Waals surface area contributed by atoms with Crippen LogP contribution in [0.3, 0.4) is 0 Å². The fraction of sp³-hybridized carbons (Fsp3) is 0.130. The molecule has 4 nitrogen and oxygen atoms in total. The Kier molecular flexibility index (Phi) is 5.72. The standard InChI is InChI=1S/C23H18N2O2/c1-17-10-22(26-15-20-6-2-18(13-24)3-7-20)12-23(11-17)27-16-21-8-4-19(14-25)5-9-21/h2-12H,15-16H2,1H3. The largest absolute Gasteiger partial charge is 0.489 e. The minimum absolute atomic E-state index is 0.421. The van der Waals surface area contributed by atoms with E-state index in [0.29, 0.717) is 24.3 Å². The molecule has 27 heavy (non-hydrogen) atoms. The first-order valence-corrected chi connectivity index (χ1v) is 8.51. The summed E-state index contributed by atoms with van der Waals surface area (Å²) in [6.07, 6.45) is 0. The van der Waals surface area contributed by atoms with Gasteiger partial charge in [-0.3, -0.25) is 0 Å². The Bertz CT molecular complexity index is 915. The van der Waals surface area contributed by atoms with Gasteiger partial charge < -0.3 is 9.47 Å². The molecular weight excluding hydrogens is 336 g/mol. The highest BCUT2D eigenvalue weighted by molar-refractivity contribution is 5.39. The summed E-state index contributed by atoms with van der Waals surface area (Å²) in [4.78, 5) is 0. The molecule has 0 heterocycles. The fourth-order valence-corrected chi connectivity index (χ4v) is 2.57. The van der Waals surface area contributed by atoms with Crippen molar-refractivity contribution >= 4 is 0 Å². The zero-order chi connectivity index (χ0) is 19.1. The average Bonchev–Trinajstić information content (AvgIpc) is 2.71. The molecule has 0 N–H and O–H groups in total. The molecule has 0 saturated carbocycles. The summed E-state index contributed by atoms with van der Waals surface area (Å²) >= 11 is 0. The summed E-state index contributed by atoms with van der Waals surface area (Å²) in [5.41, 5.74) is 4.30. The molecule has 0 aromatic heterocycles. The molecule has 0 aliphatic heterocycles. The molecule has 3 aromatic rings. The maximum atomic E-state index is 8.85. The van der Waals surface area contributed by atoms with Crippen LogP contribution in [0, 0.1) is 29.6 Å². The van der Waals surface area contributed by atoms with E-state index in [1.165, 1.54) is 0 Å². The number of nitriles is 2. The highest BCUT2D eigenvalue weighted by Crippen LogP contribution is 2.24. The predicted molar refractivity (Wildman–Crippen MR) is 102 cm³/mol. The molecule has 4 heteroatoms. The van der Waals surface area contributed by atoms with Crippen molar-refractivity contribution in [2.24, 2.45) is 0 Å². The Morgan fingerprint density at radius 3 is 1.44 bits per heavy atom. The van der Waals surface area contributed by atoms with E-state index in [-0.39, 0.29) is 0 Å². The molecule has 0 saturated heterocycles. The first-order chi connectivity index (χ1) is 13.2. The van der Waals surface area contributed by atoms with Crippen LogP contribution in [0.15, 0.2) is 66.7 Å². The second-order valence-electron chi connectivity index (χ2n) is 6.18. The topological polar surface area (TPSA) is 66.0 Å². The maximum Gasteiger partial charge on any atom is 0.123 e. The smallest absolute Gasteiger partial charge is 0.123 e. The fourth-order valence-electron chi connectivity index (χ4n) is 2.57. The lowest BCUT2D eigenvalue weighted by Crippen LogP contribution is -1.99. The van der Waals surface area contributed by atoms with Crippen molar-refractivity contribution < 1.29 is 9.47 Å². The van der Waals surface area contributed by atoms with Gasteiger partial charge in [-0.15, -0.1) is 0 Å². The van der Waals surface area contributed by atoms with Crippen LogP contribution in [-0.4, -0.2) is 0 Å². The third-order valence-electron chi connectivity index (χ3n) is 4.00. The van der Waals surface area contributed by atoms with Crippen LogP contribution in [0.1, 0.15) is 27.8 Å². The van der Waals surface area contributed by atoms with Crippen molar-refractivity contribution in [2.45, 2.75) is 20.1 Å². The minimum Gasteiger partial charge on any atom is -0.489 e. The SMILES string of the molecule is Cc1cc(OCc2ccc(C#N)cc2)cc(OCc2ccc(C#N)cc2)c1. The lowest BCUT2D eigenvalue weighted by Gasteiger charge is -2.11. The number of aryl methyl sites for hydroxylation is 1. The molecule has 0 unspecified atom stereocenters. The average molecular weight is 354 g/mol. The van der Waals surface area contributed by atoms with Gasteiger partial charge in [-0.2, -0.15) is 10.5 Å². The van der Waals surface area contributed by atoms with Gasteiger partial charge in [0.25, 0.3) is 0 Å². The van der Waals surface area contributed by atoms with Crippen molar-refractivity contribution in [3.8, 4) is 23.6 Å². The molecule has 3 aromatic carbocycles. The van der Waals surface area contributed by atoms with Gasteiger partial charge in [0.2, 0.25) is 0 Å². The van der Waals surface area contributed by atoms with E-state index < -0.39 is 0 Å². The van der Waals surface area contributed by atoms with Crippen molar-refractivity contribution in [1.82, 2.24) is 0 Å². The van der Waals surface area contributed by atoms with Gasteiger partial charge in [-0.25, -0.2) is 0 Å². The van der Waals surface area contributed by atoms with E-state index in [1.54, 1.807) is 24.3 Å². The van der Waals surface area contributed by atoms with E-state index >= 15 is 0 Å². The Morgan fingerprint density at radius 2 is 1.07 bits per heavy atom. The molecule has 0 fully saturated rings. The molecule has 0 bridgehead atoms. The molecule has 3 rings (SSSR count). The number of rotatable bonds is 6. The third-order valence-corrected chi connectivity index (χ3v) is 4.00. The molecule has 0 aliphatic carbocycles. The molecular formula is C23H18N2O2. The van der Waals surface area contributed by atoms with Gasteiger partial charge >= 0.3 is 0 Å². The predicted octanol–water partition coefficient (Wildman–Crippen LogP) is 4.90. The Hall–Kier alpha value is -3.76. The van der Waals surface area contributed by atoms with E-state index in [2.05, 4.69) is 12.1 Å². The molecule has 0 atom stereocenters. The lowest BCUT2D eigenvalue weighted by atomic mass is 10.1. The summed E-state index contributed by atoms with van der Waals surface area (Å²) < 4.78 is 11.7. The first kappa shape index (κ1) is 18.0. The monoisotopic (exact) mass is 354 g/mol. The number of benzene rings is 3. The highest BCUT2D eigenvalue weighted by atomic mass is 16.5. The Balaban J connectivity index is 1.62. The van der Waals surface area contributed by atoms with Gasteiger partial charge in [0.1, 0.15) is 24.7 Å². The number of hydrogen-bond donors (Lipinski definition) is 0. The van der Waals surface area contributed by atoms with Gasteiger partial charge in [-0.1, -0.05) is 24.3 Å². The van der Waals surface area contributed by atoms with Gasteiger partial charge in [-0.05, 0) is 60.0 Å². The maximum absolute atomic E-state index is 8.85. The summed E-state index contributed by atoms with van der Waals surface area (Å²) in [6, 6.07) is 24.6. The lowest BCUT2D eigenvalue weighted by molar-refractivity contribution is 0.289. The van der Waals surface area contributed by atoms with Crippen LogP contribution in [0.25, 0.3) is 0 Å². The molecule has 0 aliphatic rings. The van der Waals surface area contributed by atoms with E-state index in [9.17, 15) is 0 Å². The molecule has 132 valence electrons. The van der Waals surface area contributed by atoms with E-state index in [1.807, 2.05) is 49.4 Å². The van der Waals surface area contributed by atoms with Crippen LogP contribution in [0.5, 0.6) is 11.5 Å². The van der Waals surface area contributed by atoms with Crippen molar-refractivity contribution in [3.05, 3.63) is 94.5 Å². The first-order valence-electron chi connectivity index (χ1n) is 8.51. The molecule has 0 amide bonds. The van der Waals surface area contributed by atoms with Crippen molar-refractivity contribution in [3.63, 3.8) is 0 Å². The van der Waals surface area contributed by atoms with Gasteiger partial charge in [0, 0.05) is 6.07 Å². The minimum atomic E-state index is 0.421. The third kappa shape index (κ3) is 5.11. The second kappa shape index (κ2) is 8.56. The summed E-state index contributed by atoms with van der Waals surface area (Å²) in [7, 11) is 0. The normalized spacial score (nSPS) is 9.89. The van der Waals surface area contributed by atoms with E-state index in [0.717, 1.165) is 28.2 Å². The highest BCUT2D eigenvalue weighted by Gasteiger charge is 2.03. The van der Waals surface area contributed by atoms with E-state index in [4.69, 9.17) is 20.0 Å². The van der Waals surface area contributed by atoms with Crippen LogP contribution in [0.4, 0.5) is 0 Å². The summed E-state index contributed by atoms with van der Waals surface area (Å²) in [5.74, 6) is 1.46. The van der Waals surface area contributed by atoms with Gasteiger partial charge in [0.15, 0.2) is 0 Å². The number of ether oxygens (including phenoxy) is 2. The Labute approximate surface area is 158 Å². The second-order valence-corrected chi connectivity index (χ2v) is 6.18.